The molecule has 4 nitrogen and oxygen atoms in total. The molecule has 0 aromatic carbocycles. The number of thiophene rings is 1. The van der Waals surface area contributed by atoms with Crippen LogP contribution in [0.4, 0.5) is 0 Å². The number of aromatic amines is 1. The van der Waals surface area contributed by atoms with E-state index >= 15 is 0 Å². The molecule has 0 amide bonds. The molecule has 0 fully saturated rings. The third-order valence-electron chi connectivity index (χ3n) is 2.86. The van der Waals surface area contributed by atoms with Crippen molar-refractivity contribution in [1.82, 2.24) is 14.5 Å². The summed E-state index contributed by atoms with van der Waals surface area (Å²) >= 11 is 8.37. The fourth-order valence-corrected chi connectivity index (χ4v) is 3.70. The van der Waals surface area contributed by atoms with Crippen LogP contribution in [0.5, 0.6) is 0 Å². The lowest BCUT2D eigenvalue weighted by Crippen LogP contribution is -2.22. The Kier molecular flexibility index (Phi) is 3.34. The van der Waals surface area contributed by atoms with Gasteiger partial charge in [0, 0.05) is 18.3 Å². The maximum absolute atomic E-state index is 12.3. The summed E-state index contributed by atoms with van der Waals surface area (Å²) in [5.41, 5.74) is 0.987. The fourth-order valence-electron chi connectivity index (χ4n) is 1.93. The van der Waals surface area contributed by atoms with Crippen molar-refractivity contribution in [2.24, 2.45) is 0 Å². The molecule has 0 aliphatic rings. The second kappa shape index (κ2) is 4.99. The van der Waals surface area contributed by atoms with E-state index in [0.29, 0.717) is 16.7 Å². The summed E-state index contributed by atoms with van der Waals surface area (Å²) in [6.45, 7) is 2.53. The Hall–Kier alpha value is -1.31. The van der Waals surface area contributed by atoms with Crippen molar-refractivity contribution in [3.05, 3.63) is 42.7 Å². The van der Waals surface area contributed by atoms with E-state index in [9.17, 15) is 4.79 Å². The minimum absolute atomic E-state index is 0.0213. The topological polar surface area (TPSA) is 50.7 Å². The molecule has 0 radical (unpaired) electrons. The molecule has 0 saturated carbocycles. The molecular formula is C12H11N3OS3. The first kappa shape index (κ1) is 12.7. The molecule has 0 atom stereocenters. The Morgan fingerprint density at radius 1 is 1.47 bits per heavy atom. The first-order valence-electron chi connectivity index (χ1n) is 5.76. The molecular weight excluding hydrogens is 298 g/mol. The predicted molar refractivity (Wildman–Crippen MR) is 81.8 cm³/mol. The maximum atomic E-state index is 12.3. The van der Waals surface area contributed by atoms with E-state index < -0.39 is 0 Å². The zero-order valence-electron chi connectivity index (χ0n) is 10.2. The van der Waals surface area contributed by atoms with Crippen LogP contribution in [0.25, 0.3) is 10.2 Å². The van der Waals surface area contributed by atoms with E-state index in [1.54, 1.807) is 15.9 Å². The summed E-state index contributed by atoms with van der Waals surface area (Å²) in [5.74, 6) is 0. The van der Waals surface area contributed by atoms with Crippen LogP contribution in [0.2, 0.25) is 0 Å². The molecule has 3 aromatic rings. The molecule has 19 heavy (non-hydrogen) atoms. The maximum Gasteiger partial charge on any atom is 0.263 e. The third-order valence-corrected chi connectivity index (χ3v) is 4.84. The van der Waals surface area contributed by atoms with Crippen molar-refractivity contribution in [3.8, 4) is 0 Å². The molecule has 7 heteroatoms. The van der Waals surface area contributed by atoms with Gasteiger partial charge in [-0.05, 0) is 30.6 Å². The van der Waals surface area contributed by atoms with Gasteiger partial charge in [-0.3, -0.25) is 9.36 Å². The Morgan fingerprint density at radius 2 is 2.32 bits per heavy atom. The minimum atomic E-state index is -0.0213. The zero-order chi connectivity index (χ0) is 13.4. The van der Waals surface area contributed by atoms with Crippen LogP contribution in [-0.4, -0.2) is 14.5 Å². The van der Waals surface area contributed by atoms with Crippen molar-refractivity contribution in [1.29, 1.82) is 0 Å². The van der Waals surface area contributed by atoms with Crippen LogP contribution in [0.1, 0.15) is 10.7 Å². The van der Waals surface area contributed by atoms with E-state index in [1.807, 2.05) is 23.8 Å². The standard InChI is InChI=1S/C12H11N3OS3/c1-7-13-8(6-19-7)2-4-15-11(16)9-3-5-18-10(9)14-12(15)17/h3,5-6H,2,4H2,1H3,(H,14,17). The van der Waals surface area contributed by atoms with Crippen molar-refractivity contribution in [3.63, 3.8) is 0 Å². The number of nitrogens with one attached hydrogen (secondary N) is 1. The first-order valence-corrected chi connectivity index (χ1v) is 7.93. The molecule has 3 rings (SSSR count). The number of aryl methyl sites for hydroxylation is 2. The van der Waals surface area contributed by atoms with Crippen molar-refractivity contribution in [2.45, 2.75) is 19.9 Å². The number of rotatable bonds is 3. The smallest absolute Gasteiger partial charge is 0.263 e. The highest BCUT2D eigenvalue weighted by molar-refractivity contribution is 7.71. The summed E-state index contributed by atoms with van der Waals surface area (Å²) in [6.07, 6.45) is 0.720. The monoisotopic (exact) mass is 309 g/mol. The van der Waals surface area contributed by atoms with Gasteiger partial charge < -0.3 is 4.98 Å². The Morgan fingerprint density at radius 3 is 3.05 bits per heavy atom. The van der Waals surface area contributed by atoms with E-state index in [1.165, 1.54) is 11.3 Å². The average molecular weight is 309 g/mol. The van der Waals surface area contributed by atoms with Crippen LogP contribution in [-0.2, 0) is 13.0 Å². The van der Waals surface area contributed by atoms with Crippen LogP contribution >= 0.6 is 34.9 Å². The molecule has 1 N–H and O–H groups in total. The quantitative estimate of drug-likeness (QED) is 0.756. The van der Waals surface area contributed by atoms with Gasteiger partial charge in [-0.25, -0.2) is 4.98 Å². The minimum Gasteiger partial charge on any atom is -0.323 e. The largest absolute Gasteiger partial charge is 0.323 e. The van der Waals surface area contributed by atoms with Gasteiger partial charge >= 0.3 is 0 Å². The van der Waals surface area contributed by atoms with Gasteiger partial charge in [0.1, 0.15) is 4.83 Å². The predicted octanol–water partition coefficient (Wildman–Crippen LogP) is 3.13. The SMILES string of the molecule is Cc1nc(CCn2c(=S)[nH]c3sccc3c2=O)cs1. The molecule has 3 heterocycles. The summed E-state index contributed by atoms with van der Waals surface area (Å²) < 4.78 is 2.09. The molecule has 98 valence electrons. The highest BCUT2D eigenvalue weighted by Gasteiger charge is 2.07. The van der Waals surface area contributed by atoms with Gasteiger partial charge in [0.2, 0.25) is 0 Å². The van der Waals surface area contributed by atoms with E-state index in [2.05, 4.69) is 9.97 Å². The number of hydrogen-bond acceptors (Lipinski definition) is 5. The third kappa shape index (κ3) is 2.41. The van der Waals surface area contributed by atoms with Crippen LogP contribution in [0, 0.1) is 11.7 Å². The van der Waals surface area contributed by atoms with Gasteiger partial charge in [0.05, 0.1) is 16.1 Å². The average Bonchev–Trinajstić information content (AvgIpc) is 2.98. The Bertz CT molecular complexity index is 840. The lowest BCUT2D eigenvalue weighted by Gasteiger charge is -2.04. The van der Waals surface area contributed by atoms with Gasteiger partial charge in [0.25, 0.3) is 5.56 Å². The normalized spacial score (nSPS) is 11.2. The second-order valence-electron chi connectivity index (χ2n) is 4.16. The van der Waals surface area contributed by atoms with Crippen molar-refractivity contribution < 1.29 is 0 Å². The Balaban J connectivity index is 1.96. The lowest BCUT2D eigenvalue weighted by molar-refractivity contribution is 0.646. The summed E-state index contributed by atoms with van der Waals surface area (Å²) in [5, 5.41) is 5.66. The molecule has 0 bridgehead atoms. The van der Waals surface area contributed by atoms with Gasteiger partial charge in [-0.1, -0.05) is 0 Å². The number of fused-ring (bicyclic) bond motifs is 1. The van der Waals surface area contributed by atoms with Gasteiger partial charge in [-0.15, -0.1) is 22.7 Å². The van der Waals surface area contributed by atoms with Gasteiger partial charge in [0.15, 0.2) is 4.77 Å². The van der Waals surface area contributed by atoms with Crippen molar-refractivity contribution in [2.75, 3.05) is 0 Å². The van der Waals surface area contributed by atoms with Crippen molar-refractivity contribution >= 4 is 45.1 Å². The number of H-pyrrole nitrogens is 1. The lowest BCUT2D eigenvalue weighted by atomic mass is 10.3. The molecule has 3 aromatic heterocycles. The highest BCUT2D eigenvalue weighted by atomic mass is 32.1. The summed E-state index contributed by atoms with van der Waals surface area (Å²) in [7, 11) is 0. The van der Waals surface area contributed by atoms with E-state index in [-0.39, 0.29) is 5.56 Å². The second-order valence-corrected chi connectivity index (χ2v) is 6.52. The summed E-state index contributed by atoms with van der Waals surface area (Å²) in [6, 6.07) is 1.83. The molecule has 0 spiro atoms. The van der Waals surface area contributed by atoms with Gasteiger partial charge in [-0.2, -0.15) is 0 Å². The molecule has 0 aliphatic heterocycles. The molecule has 0 saturated heterocycles. The van der Waals surface area contributed by atoms with Crippen LogP contribution in [0.3, 0.4) is 0 Å². The number of aromatic nitrogens is 3. The van der Waals surface area contributed by atoms with E-state index in [4.69, 9.17) is 12.2 Å². The number of thiazole rings is 1. The Labute approximate surface area is 122 Å². The van der Waals surface area contributed by atoms with Crippen LogP contribution in [0.15, 0.2) is 21.6 Å². The fraction of sp³-hybridized carbons (Fsp3) is 0.250. The zero-order valence-corrected chi connectivity index (χ0v) is 12.6. The summed E-state index contributed by atoms with van der Waals surface area (Å²) in [4.78, 5) is 20.6. The molecule has 0 aliphatic carbocycles. The number of hydrogen-bond donors (Lipinski definition) is 1. The number of nitrogens with zero attached hydrogens (tertiary/aromatic N) is 2. The first-order chi connectivity index (χ1) is 9.15. The highest BCUT2D eigenvalue weighted by Crippen LogP contribution is 2.14. The van der Waals surface area contributed by atoms with E-state index in [0.717, 1.165) is 22.0 Å². The molecule has 0 unspecified atom stereocenters. The van der Waals surface area contributed by atoms with Crippen LogP contribution < -0.4 is 5.56 Å².